The van der Waals surface area contributed by atoms with E-state index >= 15 is 0 Å². The second-order valence-corrected chi connectivity index (χ2v) is 15.1. The Hall–Kier alpha value is -5.45. The molecule has 2 heterocycles. The second kappa shape index (κ2) is 16.5. The Morgan fingerprint density at radius 3 is 2.38 bits per heavy atom. The van der Waals surface area contributed by atoms with E-state index in [1.54, 1.807) is 24.3 Å². The molecule has 1 aliphatic rings. The molecule has 0 aliphatic carbocycles. The standard InChI is InChI=1S/C43H39N3O5S2/c1-3-4-7-24-50-34-20-16-31(17-21-34)38-37(39(47)32-18-22-35(23-19-32)51-26-29-11-8-10-28(2)25-29)40(48)41(49)46(38)42-44-45-43(53-42)52-27-33-14-9-13-30-12-5-6-15-36(30)33/h5-6,8-23,25,38,47H,3-4,7,24,26-27H2,1-2H3. The number of ether oxygens (including phenoxy) is 2. The summed E-state index contributed by atoms with van der Waals surface area (Å²) in [7, 11) is 0. The van der Waals surface area contributed by atoms with Crippen LogP contribution < -0.4 is 14.4 Å². The zero-order valence-corrected chi connectivity index (χ0v) is 31.2. The lowest BCUT2D eigenvalue weighted by molar-refractivity contribution is -0.132. The van der Waals surface area contributed by atoms with Crippen LogP contribution in [0.5, 0.6) is 11.5 Å². The zero-order chi connectivity index (χ0) is 36.7. The number of aliphatic hydroxyl groups is 1. The van der Waals surface area contributed by atoms with Gasteiger partial charge in [-0.1, -0.05) is 127 Å². The van der Waals surface area contributed by atoms with E-state index in [2.05, 4.69) is 47.5 Å². The van der Waals surface area contributed by atoms with Gasteiger partial charge in [0.2, 0.25) is 5.13 Å². The molecule has 0 radical (unpaired) electrons. The summed E-state index contributed by atoms with van der Waals surface area (Å²) < 4.78 is 12.6. The average molecular weight is 742 g/mol. The Morgan fingerprint density at radius 2 is 1.58 bits per heavy atom. The predicted octanol–water partition coefficient (Wildman–Crippen LogP) is 10.1. The lowest BCUT2D eigenvalue weighted by Crippen LogP contribution is -2.29. The van der Waals surface area contributed by atoms with Crippen molar-refractivity contribution in [1.82, 2.24) is 10.2 Å². The minimum Gasteiger partial charge on any atom is -0.507 e. The minimum atomic E-state index is -0.940. The fourth-order valence-corrected chi connectivity index (χ4v) is 8.25. The van der Waals surface area contributed by atoms with E-state index in [0.29, 0.717) is 45.9 Å². The Labute approximate surface area is 317 Å². The number of aromatic nitrogens is 2. The van der Waals surface area contributed by atoms with Crippen molar-refractivity contribution >= 4 is 56.5 Å². The molecule has 0 bridgehead atoms. The van der Waals surface area contributed by atoms with Crippen molar-refractivity contribution in [1.29, 1.82) is 0 Å². The number of rotatable bonds is 14. The largest absolute Gasteiger partial charge is 0.507 e. The normalized spacial score (nSPS) is 15.3. The van der Waals surface area contributed by atoms with Crippen LogP contribution in [-0.2, 0) is 21.9 Å². The number of carbonyl (C=O) groups is 2. The van der Waals surface area contributed by atoms with E-state index < -0.39 is 17.7 Å². The number of fused-ring (bicyclic) bond motifs is 1. The molecule has 53 heavy (non-hydrogen) atoms. The van der Waals surface area contributed by atoms with Crippen LogP contribution in [-0.4, -0.2) is 33.6 Å². The maximum Gasteiger partial charge on any atom is 0.301 e. The fourth-order valence-electron chi connectivity index (χ4n) is 6.38. The number of aryl methyl sites for hydroxylation is 1. The highest BCUT2D eigenvalue weighted by molar-refractivity contribution is 8.00. The first-order valence-electron chi connectivity index (χ1n) is 17.6. The summed E-state index contributed by atoms with van der Waals surface area (Å²) in [4.78, 5) is 29.1. The number of nitrogens with zero attached hydrogens (tertiary/aromatic N) is 3. The maximum atomic E-state index is 13.9. The van der Waals surface area contributed by atoms with Gasteiger partial charge in [0.1, 0.15) is 23.9 Å². The molecule has 0 saturated carbocycles. The van der Waals surface area contributed by atoms with E-state index in [-0.39, 0.29) is 16.5 Å². The SMILES string of the molecule is CCCCCOc1ccc(C2C(=C(O)c3ccc(OCc4cccc(C)c4)cc3)C(=O)C(=O)N2c2nnc(SCc3cccc4ccccc34)s2)cc1. The van der Waals surface area contributed by atoms with Gasteiger partial charge in [-0.3, -0.25) is 14.5 Å². The van der Waals surface area contributed by atoms with Crippen molar-refractivity contribution in [2.75, 3.05) is 11.5 Å². The summed E-state index contributed by atoms with van der Waals surface area (Å²) in [6.07, 6.45) is 3.13. The van der Waals surface area contributed by atoms with E-state index in [1.165, 1.54) is 33.4 Å². The Balaban J connectivity index is 1.17. The van der Waals surface area contributed by atoms with Crippen molar-refractivity contribution in [2.24, 2.45) is 0 Å². The summed E-state index contributed by atoms with van der Waals surface area (Å²) in [5, 5.41) is 23.1. The van der Waals surface area contributed by atoms with Crippen LogP contribution in [0.3, 0.4) is 0 Å². The van der Waals surface area contributed by atoms with Gasteiger partial charge in [0.05, 0.1) is 18.2 Å². The number of hydrogen-bond donors (Lipinski definition) is 1. The molecule has 1 N–H and O–H groups in total. The third-order valence-electron chi connectivity index (χ3n) is 9.11. The van der Waals surface area contributed by atoms with Crippen LogP contribution in [0.15, 0.2) is 125 Å². The Bertz CT molecular complexity index is 2260. The zero-order valence-electron chi connectivity index (χ0n) is 29.5. The van der Waals surface area contributed by atoms with Gasteiger partial charge in [-0.25, -0.2) is 0 Å². The van der Waals surface area contributed by atoms with Gasteiger partial charge in [0.25, 0.3) is 5.78 Å². The number of anilines is 1. The topological polar surface area (TPSA) is 102 Å². The quantitative estimate of drug-likeness (QED) is 0.0294. The summed E-state index contributed by atoms with van der Waals surface area (Å²) in [5.74, 6) is 0.0885. The van der Waals surface area contributed by atoms with Gasteiger partial charge in [0.15, 0.2) is 4.34 Å². The minimum absolute atomic E-state index is 0.0276. The van der Waals surface area contributed by atoms with Crippen LogP contribution in [0.4, 0.5) is 5.13 Å². The smallest absolute Gasteiger partial charge is 0.301 e. The predicted molar refractivity (Wildman–Crippen MR) is 212 cm³/mol. The van der Waals surface area contributed by atoms with Crippen LogP contribution >= 0.6 is 23.1 Å². The molecule has 10 heteroatoms. The van der Waals surface area contributed by atoms with Gasteiger partial charge in [-0.05, 0) is 77.2 Å². The molecule has 1 saturated heterocycles. The third-order valence-corrected chi connectivity index (χ3v) is 11.2. The van der Waals surface area contributed by atoms with Crippen LogP contribution in [0.1, 0.15) is 60.0 Å². The van der Waals surface area contributed by atoms with Gasteiger partial charge in [-0.15, -0.1) is 10.2 Å². The molecule has 1 unspecified atom stereocenters. The highest BCUT2D eigenvalue weighted by Gasteiger charge is 2.48. The molecule has 5 aromatic carbocycles. The first kappa shape index (κ1) is 35.9. The molecule has 0 spiro atoms. The van der Waals surface area contributed by atoms with E-state index in [1.807, 2.05) is 67.6 Å². The summed E-state index contributed by atoms with van der Waals surface area (Å²) in [6.45, 7) is 5.16. The van der Waals surface area contributed by atoms with E-state index in [9.17, 15) is 14.7 Å². The van der Waals surface area contributed by atoms with Crippen molar-refractivity contribution in [3.8, 4) is 11.5 Å². The molecule has 1 atom stereocenters. The maximum absolute atomic E-state index is 13.9. The third kappa shape index (κ3) is 8.14. The number of hydrogen-bond acceptors (Lipinski definition) is 9. The van der Waals surface area contributed by atoms with E-state index in [0.717, 1.165) is 41.3 Å². The molecule has 1 amide bonds. The number of benzene rings is 5. The second-order valence-electron chi connectivity index (χ2n) is 12.9. The van der Waals surface area contributed by atoms with E-state index in [4.69, 9.17) is 9.47 Å². The van der Waals surface area contributed by atoms with Crippen molar-refractivity contribution < 1.29 is 24.2 Å². The molecular formula is C43H39N3O5S2. The first-order chi connectivity index (χ1) is 25.9. The fraction of sp³-hybridized carbons (Fsp3) is 0.209. The lowest BCUT2D eigenvalue weighted by Gasteiger charge is -2.22. The molecule has 1 aromatic heterocycles. The summed E-state index contributed by atoms with van der Waals surface area (Å²) in [6, 6.07) is 35.8. The van der Waals surface area contributed by atoms with Gasteiger partial charge >= 0.3 is 5.91 Å². The van der Waals surface area contributed by atoms with Gasteiger partial charge < -0.3 is 14.6 Å². The monoisotopic (exact) mass is 741 g/mol. The molecule has 1 aliphatic heterocycles. The number of carbonyl (C=O) groups excluding carboxylic acids is 2. The number of amides is 1. The molecule has 6 aromatic rings. The number of aliphatic hydroxyl groups excluding tert-OH is 1. The molecule has 8 nitrogen and oxygen atoms in total. The average Bonchev–Trinajstić information content (AvgIpc) is 3.76. The number of ketones is 1. The molecule has 7 rings (SSSR count). The van der Waals surface area contributed by atoms with Crippen LogP contribution in [0.25, 0.3) is 16.5 Å². The molecule has 268 valence electrons. The number of Topliss-reactive ketones (excluding diaryl/α,β-unsaturated/α-hetero) is 1. The van der Waals surface area contributed by atoms with Crippen LogP contribution in [0.2, 0.25) is 0 Å². The lowest BCUT2D eigenvalue weighted by atomic mass is 9.95. The highest BCUT2D eigenvalue weighted by atomic mass is 32.2. The van der Waals surface area contributed by atoms with Gasteiger partial charge in [0, 0.05) is 11.3 Å². The molecular weight excluding hydrogens is 703 g/mol. The molecule has 1 fully saturated rings. The van der Waals surface area contributed by atoms with Crippen LogP contribution in [0, 0.1) is 6.92 Å². The van der Waals surface area contributed by atoms with Gasteiger partial charge in [-0.2, -0.15) is 0 Å². The highest BCUT2D eigenvalue weighted by Crippen LogP contribution is 2.44. The number of thioether (sulfide) groups is 1. The number of unbranched alkanes of at least 4 members (excludes halogenated alkanes) is 2. The van der Waals surface area contributed by atoms with Crippen molar-refractivity contribution in [3.05, 3.63) is 149 Å². The van der Waals surface area contributed by atoms with Crippen molar-refractivity contribution in [3.63, 3.8) is 0 Å². The summed E-state index contributed by atoms with van der Waals surface area (Å²) >= 11 is 2.76. The van der Waals surface area contributed by atoms with Crippen molar-refractivity contribution in [2.45, 2.75) is 55.9 Å². The first-order valence-corrected chi connectivity index (χ1v) is 19.5. The Kier molecular flexibility index (Phi) is 11.2. The summed E-state index contributed by atoms with van der Waals surface area (Å²) in [5.41, 5.74) is 4.34. The Morgan fingerprint density at radius 1 is 0.849 bits per heavy atom.